The Morgan fingerprint density at radius 2 is 1.97 bits per heavy atom. The van der Waals surface area contributed by atoms with E-state index in [2.05, 4.69) is 5.32 Å². The van der Waals surface area contributed by atoms with Crippen LogP contribution in [0.25, 0.3) is 11.1 Å². The molecular formula is C28H26ClF2NO3. The molecule has 3 aromatic carbocycles. The summed E-state index contributed by atoms with van der Waals surface area (Å²) in [5, 5.41) is 3.29. The molecule has 0 aliphatic carbocycles. The maximum absolute atomic E-state index is 15.8. The SMILES string of the molecule is CCC(=O)c1ccc(OC)c(F)c1-c1c(Cl)c(F)cc2c1C[C@](c1ccccc1)([C@@H]1CCCN1)O2. The molecule has 0 bridgehead atoms. The zero-order valence-electron chi connectivity index (χ0n) is 19.6. The molecule has 4 nitrogen and oxygen atoms in total. The van der Waals surface area contributed by atoms with Gasteiger partial charge in [0.2, 0.25) is 0 Å². The van der Waals surface area contributed by atoms with Gasteiger partial charge in [-0.15, -0.1) is 0 Å². The minimum absolute atomic E-state index is 0.0288. The zero-order valence-corrected chi connectivity index (χ0v) is 20.3. The van der Waals surface area contributed by atoms with E-state index in [-0.39, 0.29) is 45.7 Å². The number of ketones is 1. The number of benzene rings is 3. The van der Waals surface area contributed by atoms with Crippen molar-refractivity contribution in [2.45, 2.75) is 44.2 Å². The van der Waals surface area contributed by atoms with Gasteiger partial charge in [-0.05, 0) is 37.1 Å². The Labute approximate surface area is 208 Å². The Morgan fingerprint density at radius 1 is 1.20 bits per heavy atom. The first-order valence-electron chi connectivity index (χ1n) is 11.8. The number of carbonyl (C=O) groups is 1. The number of hydrogen-bond acceptors (Lipinski definition) is 4. The van der Waals surface area contributed by atoms with Crippen molar-refractivity contribution < 1.29 is 23.0 Å². The third-order valence-electron chi connectivity index (χ3n) is 7.10. The molecule has 35 heavy (non-hydrogen) atoms. The Bertz CT molecular complexity index is 1290. The van der Waals surface area contributed by atoms with Crippen LogP contribution in [0.1, 0.15) is 47.7 Å². The van der Waals surface area contributed by atoms with Gasteiger partial charge in [0.05, 0.1) is 18.2 Å². The molecule has 1 N–H and O–H groups in total. The quantitative estimate of drug-likeness (QED) is 0.396. The van der Waals surface area contributed by atoms with E-state index in [9.17, 15) is 4.79 Å². The van der Waals surface area contributed by atoms with E-state index in [1.165, 1.54) is 25.3 Å². The highest BCUT2D eigenvalue weighted by atomic mass is 35.5. The maximum Gasteiger partial charge on any atom is 0.173 e. The molecule has 0 amide bonds. The van der Waals surface area contributed by atoms with Gasteiger partial charge in [0.1, 0.15) is 11.6 Å². The summed E-state index contributed by atoms with van der Waals surface area (Å²) in [5.74, 6) is -1.51. The average molecular weight is 498 g/mol. The number of rotatable bonds is 6. The Hall–Kier alpha value is -2.96. The lowest BCUT2D eigenvalue weighted by molar-refractivity contribution is 0.0539. The number of Topliss-reactive ketones (excluding diaryl/α,β-unsaturated/α-hetero) is 1. The summed E-state index contributed by atoms with van der Waals surface area (Å²) in [7, 11) is 1.34. The van der Waals surface area contributed by atoms with Gasteiger partial charge >= 0.3 is 0 Å². The van der Waals surface area contributed by atoms with Crippen molar-refractivity contribution in [3.8, 4) is 22.6 Å². The van der Waals surface area contributed by atoms with Crippen LogP contribution >= 0.6 is 11.6 Å². The number of nitrogens with one attached hydrogen (secondary N) is 1. The van der Waals surface area contributed by atoms with Crippen molar-refractivity contribution >= 4 is 17.4 Å². The van der Waals surface area contributed by atoms with Gasteiger partial charge in [-0.1, -0.05) is 48.9 Å². The number of fused-ring (bicyclic) bond motifs is 1. The average Bonchev–Trinajstić information content (AvgIpc) is 3.54. The summed E-state index contributed by atoms with van der Waals surface area (Å²) in [6.07, 6.45) is 2.36. The minimum Gasteiger partial charge on any atom is -0.494 e. The number of hydrogen-bond donors (Lipinski definition) is 1. The van der Waals surface area contributed by atoms with Crippen molar-refractivity contribution in [1.82, 2.24) is 5.32 Å². The standard InChI is InChI=1S/C28H26ClF2NO3/c1-3-20(33)17-11-12-21(34-2)27(31)25(17)24-18-15-28(23-10-7-13-32-23,16-8-5-4-6-9-16)35-22(18)14-19(30)26(24)29/h4-6,8-9,11-12,14,23,32H,3,7,10,13,15H2,1-2H3/t23-,28-/m0/s1. The molecule has 1 fully saturated rings. The van der Waals surface area contributed by atoms with Crippen LogP contribution < -0.4 is 14.8 Å². The topological polar surface area (TPSA) is 47.6 Å². The lowest BCUT2D eigenvalue weighted by Gasteiger charge is -2.35. The summed E-state index contributed by atoms with van der Waals surface area (Å²) in [6.45, 7) is 2.54. The van der Waals surface area contributed by atoms with Crippen LogP contribution in [0.3, 0.4) is 0 Å². The van der Waals surface area contributed by atoms with E-state index in [0.29, 0.717) is 17.7 Å². The number of carbonyl (C=O) groups excluding carboxylic acids is 1. The van der Waals surface area contributed by atoms with Crippen LogP contribution in [0.4, 0.5) is 8.78 Å². The second kappa shape index (κ2) is 9.25. The minimum atomic E-state index is -0.823. The third-order valence-corrected chi connectivity index (χ3v) is 7.47. The van der Waals surface area contributed by atoms with Crippen LogP contribution in [-0.4, -0.2) is 25.5 Å². The number of methoxy groups -OCH3 is 1. The number of halogens is 3. The lowest BCUT2D eigenvalue weighted by Crippen LogP contribution is -2.48. The van der Waals surface area contributed by atoms with Crippen molar-refractivity contribution in [1.29, 1.82) is 0 Å². The molecule has 3 aromatic rings. The third kappa shape index (κ3) is 3.80. The van der Waals surface area contributed by atoms with Gasteiger partial charge in [0, 0.05) is 41.2 Å². The Balaban J connectivity index is 1.77. The fourth-order valence-corrected chi connectivity index (χ4v) is 5.67. The highest BCUT2D eigenvalue weighted by Gasteiger charge is 2.50. The van der Waals surface area contributed by atoms with E-state index < -0.39 is 17.2 Å². The first kappa shape index (κ1) is 23.8. The maximum atomic E-state index is 15.8. The first-order valence-corrected chi connectivity index (χ1v) is 12.2. The van der Waals surface area contributed by atoms with Crippen molar-refractivity contribution in [2.24, 2.45) is 0 Å². The van der Waals surface area contributed by atoms with Crippen molar-refractivity contribution in [2.75, 3.05) is 13.7 Å². The molecule has 0 saturated carbocycles. The van der Waals surface area contributed by atoms with Gasteiger partial charge in [0.15, 0.2) is 23.0 Å². The van der Waals surface area contributed by atoms with Crippen LogP contribution in [0.2, 0.25) is 5.02 Å². The molecule has 2 atom stereocenters. The number of ether oxygens (including phenoxy) is 2. The molecule has 182 valence electrons. The molecule has 5 rings (SSSR count). The van der Waals surface area contributed by atoms with E-state index in [4.69, 9.17) is 21.1 Å². The van der Waals surface area contributed by atoms with Crippen LogP contribution in [0, 0.1) is 11.6 Å². The van der Waals surface area contributed by atoms with Crippen molar-refractivity contribution in [3.05, 3.63) is 81.9 Å². The molecule has 2 aliphatic heterocycles. The second-order valence-electron chi connectivity index (χ2n) is 8.99. The summed E-state index contributed by atoms with van der Waals surface area (Å²) in [6, 6.07) is 13.9. The Morgan fingerprint density at radius 3 is 2.63 bits per heavy atom. The smallest absolute Gasteiger partial charge is 0.173 e. The molecule has 2 heterocycles. The summed E-state index contributed by atoms with van der Waals surface area (Å²) in [4.78, 5) is 12.8. The van der Waals surface area contributed by atoms with E-state index in [0.717, 1.165) is 24.9 Å². The molecule has 7 heteroatoms. The van der Waals surface area contributed by atoms with Crippen LogP contribution in [-0.2, 0) is 12.0 Å². The lowest BCUT2D eigenvalue weighted by atomic mass is 9.80. The molecule has 0 unspecified atom stereocenters. The first-order chi connectivity index (χ1) is 16.9. The van der Waals surface area contributed by atoms with E-state index >= 15 is 8.78 Å². The highest BCUT2D eigenvalue weighted by Crippen LogP contribution is 2.52. The monoisotopic (exact) mass is 497 g/mol. The zero-order chi connectivity index (χ0) is 24.7. The summed E-state index contributed by atoms with van der Waals surface area (Å²) >= 11 is 6.53. The van der Waals surface area contributed by atoms with Crippen molar-refractivity contribution in [3.63, 3.8) is 0 Å². The molecule has 2 aliphatic rings. The fraction of sp³-hybridized carbons (Fsp3) is 0.321. The van der Waals surface area contributed by atoms with Gasteiger partial charge < -0.3 is 14.8 Å². The Kier molecular flexibility index (Phi) is 6.28. The predicted octanol–water partition coefficient (Wildman–Crippen LogP) is 6.47. The molecule has 0 aromatic heterocycles. The van der Waals surface area contributed by atoms with Gasteiger partial charge in [0.25, 0.3) is 0 Å². The fourth-order valence-electron chi connectivity index (χ4n) is 5.40. The van der Waals surface area contributed by atoms with Gasteiger partial charge in [-0.3, -0.25) is 4.79 Å². The molecule has 0 spiro atoms. The second-order valence-corrected chi connectivity index (χ2v) is 9.37. The highest BCUT2D eigenvalue weighted by molar-refractivity contribution is 6.34. The normalized spacial score (nSPS) is 21.0. The van der Waals surface area contributed by atoms with Gasteiger partial charge in [-0.25, -0.2) is 8.78 Å². The largest absolute Gasteiger partial charge is 0.494 e. The molecule has 1 saturated heterocycles. The van der Waals surface area contributed by atoms with E-state index in [1.807, 2.05) is 30.3 Å². The van der Waals surface area contributed by atoms with Crippen LogP contribution in [0.5, 0.6) is 11.5 Å². The summed E-state index contributed by atoms with van der Waals surface area (Å²) in [5.41, 5.74) is 0.919. The van der Waals surface area contributed by atoms with Gasteiger partial charge in [-0.2, -0.15) is 0 Å². The molecule has 0 radical (unpaired) electrons. The van der Waals surface area contributed by atoms with E-state index in [1.54, 1.807) is 6.92 Å². The predicted molar refractivity (Wildman–Crippen MR) is 131 cm³/mol. The van der Waals surface area contributed by atoms with Crippen LogP contribution in [0.15, 0.2) is 48.5 Å². The summed E-state index contributed by atoms with van der Waals surface area (Å²) < 4.78 is 42.8. The molecular weight excluding hydrogens is 472 g/mol.